The molecule has 0 unspecified atom stereocenters. The van der Waals surface area contributed by atoms with Gasteiger partial charge in [0.1, 0.15) is 5.75 Å². The second-order valence-corrected chi connectivity index (χ2v) is 8.54. The summed E-state index contributed by atoms with van der Waals surface area (Å²) in [6.45, 7) is 3.50. The minimum absolute atomic E-state index is 0.00360. The molecule has 33 heavy (non-hydrogen) atoms. The molecule has 3 aromatic rings. The number of rotatable bonds is 6. The van der Waals surface area contributed by atoms with Crippen LogP contribution in [0.1, 0.15) is 16.7 Å². The number of nitrogens with one attached hydrogen (secondary N) is 1. The lowest BCUT2D eigenvalue weighted by molar-refractivity contribution is -0.131. The average molecular weight is 443 g/mol. The topological polar surface area (TPSA) is 58.6 Å². The highest BCUT2D eigenvalue weighted by Crippen LogP contribution is 2.25. The van der Waals surface area contributed by atoms with Crippen molar-refractivity contribution < 1.29 is 14.3 Å². The SMILES string of the molecule is COc1ccccc1CC(=O)N1CCNC(=O)[C@H](Cc2cccc(-c3ccccc3C)c2)C1. The van der Waals surface area contributed by atoms with Crippen molar-refractivity contribution in [1.29, 1.82) is 0 Å². The molecule has 1 atom stereocenters. The van der Waals surface area contributed by atoms with Crippen LogP contribution in [0.2, 0.25) is 0 Å². The molecule has 1 aliphatic heterocycles. The van der Waals surface area contributed by atoms with Gasteiger partial charge in [-0.3, -0.25) is 9.59 Å². The Morgan fingerprint density at radius 3 is 2.67 bits per heavy atom. The Morgan fingerprint density at radius 1 is 1.06 bits per heavy atom. The Bertz CT molecular complexity index is 1140. The fourth-order valence-corrected chi connectivity index (χ4v) is 4.45. The van der Waals surface area contributed by atoms with Crippen molar-refractivity contribution in [2.24, 2.45) is 5.92 Å². The predicted octanol–water partition coefficient (Wildman–Crippen LogP) is 4.03. The number of hydrogen-bond acceptors (Lipinski definition) is 3. The number of benzene rings is 3. The van der Waals surface area contributed by atoms with E-state index in [1.54, 1.807) is 12.0 Å². The minimum atomic E-state index is -0.291. The summed E-state index contributed by atoms with van der Waals surface area (Å²) in [6.07, 6.45) is 0.845. The molecule has 1 fully saturated rings. The van der Waals surface area contributed by atoms with E-state index in [1.807, 2.05) is 42.5 Å². The number of amides is 2. The van der Waals surface area contributed by atoms with Crippen LogP contribution in [0, 0.1) is 12.8 Å². The first kappa shape index (κ1) is 22.6. The highest BCUT2D eigenvalue weighted by atomic mass is 16.5. The number of para-hydroxylation sites is 1. The zero-order chi connectivity index (χ0) is 23.2. The van der Waals surface area contributed by atoms with Gasteiger partial charge in [0.25, 0.3) is 0 Å². The molecule has 2 amide bonds. The van der Waals surface area contributed by atoms with Gasteiger partial charge in [-0.15, -0.1) is 0 Å². The fraction of sp³-hybridized carbons (Fsp3) is 0.286. The van der Waals surface area contributed by atoms with Crippen molar-refractivity contribution in [3.63, 3.8) is 0 Å². The Labute approximate surface area is 195 Å². The maximum absolute atomic E-state index is 13.1. The summed E-state index contributed by atoms with van der Waals surface area (Å²) in [5, 5.41) is 2.98. The maximum atomic E-state index is 13.1. The molecule has 0 radical (unpaired) electrons. The van der Waals surface area contributed by atoms with Crippen LogP contribution in [0.15, 0.2) is 72.8 Å². The number of carbonyl (C=O) groups excluding carboxylic acids is 2. The molecule has 5 nitrogen and oxygen atoms in total. The summed E-state index contributed by atoms with van der Waals surface area (Å²) in [7, 11) is 1.61. The molecule has 1 saturated heterocycles. The molecule has 0 bridgehead atoms. The first-order valence-corrected chi connectivity index (χ1v) is 11.4. The number of carbonyl (C=O) groups is 2. The van der Waals surface area contributed by atoms with Crippen LogP contribution in [-0.2, 0) is 22.4 Å². The van der Waals surface area contributed by atoms with Crippen molar-refractivity contribution in [3.8, 4) is 16.9 Å². The van der Waals surface area contributed by atoms with Gasteiger partial charge in [-0.25, -0.2) is 0 Å². The van der Waals surface area contributed by atoms with Crippen molar-refractivity contribution >= 4 is 11.8 Å². The lowest BCUT2D eigenvalue weighted by Gasteiger charge is -2.24. The average Bonchev–Trinajstić information content (AvgIpc) is 3.01. The summed E-state index contributed by atoms with van der Waals surface area (Å²) in [5.41, 5.74) is 5.50. The molecule has 5 heteroatoms. The van der Waals surface area contributed by atoms with Gasteiger partial charge >= 0.3 is 0 Å². The van der Waals surface area contributed by atoms with E-state index in [0.717, 1.165) is 16.7 Å². The van der Waals surface area contributed by atoms with E-state index in [4.69, 9.17) is 4.74 Å². The van der Waals surface area contributed by atoms with Crippen LogP contribution in [0.5, 0.6) is 5.75 Å². The third-order valence-corrected chi connectivity index (χ3v) is 6.24. The van der Waals surface area contributed by atoms with Crippen LogP contribution >= 0.6 is 0 Å². The van der Waals surface area contributed by atoms with E-state index in [-0.39, 0.29) is 24.2 Å². The second kappa shape index (κ2) is 10.3. The number of ether oxygens (including phenoxy) is 1. The van der Waals surface area contributed by atoms with Gasteiger partial charge in [0.2, 0.25) is 11.8 Å². The van der Waals surface area contributed by atoms with Crippen LogP contribution < -0.4 is 10.1 Å². The Morgan fingerprint density at radius 2 is 1.85 bits per heavy atom. The quantitative estimate of drug-likeness (QED) is 0.627. The molecule has 4 rings (SSSR count). The molecule has 1 aliphatic rings. The third kappa shape index (κ3) is 5.43. The lowest BCUT2D eigenvalue weighted by Crippen LogP contribution is -2.38. The Balaban J connectivity index is 1.49. The highest BCUT2D eigenvalue weighted by molar-refractivity contribution is 5.83. The number of aryl methyl sites for hydroxylation is 1. The van der Waals surface area contributed by atoms with E-state index in [2.05, 4.69) is 42.6 Å². The second-order valence-electron chi connectivity index (χ2n) is 8.54. The predicted molar refractivity (Wildman–Crippen MR) is 130 cm³/mol. The first-order chi connectivity index (χ1) is 16.0. The van der Waals surface area contributed by atoms with Gasteiger partial charge in [-0.1, -0.05) is 66.7 Å². The summed E-state index contributed by atoms with van der Waals surface area (Å²) >= 11 is 0. The van der Waals surface area contributed by atoms with Gasteiger partial charge < -0.3 is 15.0 Å². The summed E-state index contributed by atoms with van der Waals surface area (Å²) in [6, 6.07) is 24.2. The van der Waals surface area contributed by atoms with Gasteiger partial charge in [-0.05, 0) is 41.7 Å². The normalized spacial score (nSPS) is 16.1. The smallest absolute Gasteiger partial charge is 0.227 e. The first-order valence-electron chi connectivity index (χ1n) is 11.4. The maximum Gasteiger partial charge on any atom is 0.227 e. The highest BCUT2D eigenvalue weighted by Gasteiger charge is 2.28. The number of nitrogens with zero attached hydrogens (tertiary/aromatic N) is 1. The molecule has 170 valence electrons. The number of methoxy groups -OCH3 is 1. The molecule has 1 heterocycles. The molecule has 3 aromatic carbocycles. The van der Waals surface area contributed by atoms with Crippen LogP contribution in [0.25, 0.3) is 11.1 Å². The molecule has 0 aliphatic carbocycles. The van der Waals surface area contributed by atoms with E-state index < -0.39 is 0 Å². The molecular weight excluding hydrogens is 412 g/mol. The molecular formula is C28H30N2O3. The largest absolute Gasteiger partial charge is 0.496 e. The van der Waals surface area contributed by atoms with Crippen molar-refractivity contribution in [2.75, 3.05) is 26.7 Å². The van der Waals surface area contributed by atoms with Gasteiger partial charge in [0.05, 0.1) is 19.4 Å². The van der Waals surface area contributed by atoms with Gasteiger partial charge in [-0.2, -0.15) is 0 Å². The van der Waals surface area contributed by atoms with E-state index in [1.165, 1.54) is 11.1 Å². The van der Waals surface area contributed by atoms with E-state index in [0.29, 0.717) is 31.8 Å². The monoisotopic (exact) mass is 442 g/mol. The number of hydrogen-bond donors (Lipinski definition) is 1. The zero-order valence-corrected chi connectivity index (χ0v) is 19.2. The molecule has 0 saturated carbocycles. The van der Waals surface area contributed by atoms with Gasteiger partial charge in [0, 0.05) is 25.2 Å². The summed E-state index contributed by atoms with van der Waals surface area (Å²) < 4.78 is 5.39. The van der Waals surface area contributed by atoms with Gasteiger partial charge in [0.15, 0.2) is 0 Å². The molecule has 0 spiro atoms. The van der Waals surface area contributed by atoms with Crippen molar-refractivity contribution in [1.82, 2.24) is 10.2 Å². The zero-order valence-electron chi connectivity index (χ0n) is 19.2. The fourth-order valence-electron chi connectivity index (χ4n) is 4.45. The van der Waals surface area contributed by atoms with E-state index in [9.17, 15) is 9.59 Å². The Kier molecular flexibility index (Phi) is 7.08. The van der Waals surface area contributed by atoms with Crippen molar-refractivity contribution in [3.05, 3.63) is 89.5 Å². The summed E-state index contributed by atoms with van der Waals surface area (Å²) in [5.74, 6) is 0.430. The van der Waals surface area contributed by atoms with Crippen LogP contribution in [0.3, 0.4) is 0 Å². The lowest BCUT2D eigenvalue weighted by atomic mass is 9.94. The standard InChI is InChI=1S/C28H30N2O3/c1-20-8-3-5-12-25(20)22-11-7-9-21(16-22)17-24-19-30(15-14-29-28(24)32)27(31)18-23-10-4-6-13-26(23)33-2/h3-13,16,24H,14-15,17-19H2,1-2H3,(H,29,32)/t24-/m1/s1. The third-order valence-electron chi connectivity index (χ3n) is 6.24. The Hall–Kier alpha value is -3.60. The molecule has 1 N–H and O–H groups in total. The van der Waals surface area contributed by atoms with Crippen molar-refractivity contribution in [2.45, 2.75) is 19.8 Å². The van der Waals surface area contributed by atoms with Crippen LogP contribution in [0.4, 0.5) is 0 Å². The minimum Gasteiger partial charge on any atom is -0.496 e. The summed E-state index contributed by atoms with van der Waals surface area (Å²) in [4.78, 5) is 27.7. The molecule has 0 aromatic heterocycles. The van der Waals surface area contributed by atoms with E-state index >= 15 is 0 Å². The van der Waals surface area contributed by atoms with Crippen LogP contribution in [-0.4, -0.2) is 43.5 Å².